The molecule has 0 heterocycles. The normalized spacial score (nSPS) is 10.9. The minimum absolute atomic E-state index is 0. The van der Waals surface area contributed by atoms with Crippen LogP contribution in [0.15, 0.2) is 23.1 Å². The number of rotatable bonds is 10. The van der Waals surface area contributed by atoms with E-state index in [4.69, 9.17) is 9.47 Å². The molecule has 0 saturated heterocycles. The first-order chi connectivity index (χ1) is 10.4. The molecule has 9 nitrogen and oxygen atoms in total. The smallest absolute Gasteiger partial charge is 0.271 e. The van der Waals surface area contributed by atoms with Crippen LogP contribution in [-0.4, -0.2) is 53.8 Å². The number of halogens is 1. The highest BCUT2D eigenvalue weighted by molar-refractivity contribution is 7.89. The third-order valence-electron chi connectivity index (χ3n) is 2.72. The average Bonchev–Trinajstić information content (AvgIpc) is 2.50. The molecule has 0 aliphatic heterocycles. The lowest BCUT2D eigenvalue weighted by molar-refractivity contribution is -0.385. The summed E-state index contributed by atoms with van der Waals surface area (Å²) in [6.45, 7) is 1.65. The van der Waals surface area contributed by atoms with E-state index in [1.807, 2.05) is 0 Å². The second kappa shape index (κ2) is 10.3. The first kappa shape index (κ1) is 21.5. The number of nitrogens with zero attached hydrogens (tertiary/aromatic N) is 1. The third kappa shape index (κ3) is 6.67. The Morgan fingerprint density at radius 2 is 1.91 bits per heavy atom. The molecule has 0 atom stereocenters. The van der Waals surface area contributed by atoms with E-state index in [1.54, 1.807) is 7.11 Å². The van der Waals surface area contributed by atoms with Crippen LogP contribution < -0.4 is 14.8 Å². The Bertz CT molecular complexity index is 611. The number of nitrogens with one attached hydrogen (secondary N) is 2. The van der Waals surface area contributed by atoms with Gasteiger partial charge in [-0.05, 0) is 6.07 Å². The molecule has 0 aromatic heterocycles. The molecule has 132 valence electrons. The van der Waals surface area contributed by atoms with Gasteiger partial charge in [0.1, 0.15) is 10.6 Å². The number of benzene rings is 1. The SMILES string of the molecule is COCCNCCNS(=O)(=O)c1cc([N+](=O)[O-])ccc1OC.Cl. The maximum atomic E-state index is 12.2. The van der Waals surface area contributed by atoms with Gasteiger partial charge in [-0.25, -0.2) is 13.1 Å². The van der Waals surface area contributed by atoms with Crippen LogP contribution >= 0.6 is 12.4 Å². The van der Waals surface area contributed by atoms with Crippen LogP contribution in [0.3, 0.4) is 0 Å². The molecule has 1 rings (SSSR count). The zero-order valence-corrected chi connectivity index (χ0v) is 14.4. The number of hydrogen-bond donors (Lipinski definition) is 2. The maximum absolute atomic E-state index is 12.2. The zero-order chi connectivity index (χ0) is 16.6. The molecule has 0 unspecified atom stereocenters. The second-order valence-corrected chi connectivity index (χ2v) is 5.97. The van der Waals surface area contributed by atoms with Gasteiger partial charge in [-0.1, -0.05) is 0 Å². The van der Waals surface area contributed by atoms with Crippen LogP contribution in [0.4, 0.5) is 5.69 Å². The van der Waals surface area contributed by atoms with E-state index in [0.717, 1.165) is 6.07 Å². The second-order valence-electron chi connectivity index (χ2n) is 4.23. The van der Waals surface area contributed by atoms with E-state index in [-0.39, 0.29) is 35.3 Å². The van der Waals surface area contributed by atoms with Gasteiger partial charge in [0.05, 0.1) is 18.6 Å². The summed E-state index contributed by atoms with van der Waals surface area (Å²) in [6, 6.07) is 3.41. The lowest BCUT2D eigenvalue weighted by atomic mass is 10.3. The number of non-ortho nitro benzene ring substituents is 1. The summed E-state index contributed by atoms with van der Waals surface area (Å²) in [6.07, 6.45) is 0. The Labute approximate surface area is 141 Å². The lowest BCUT2D eigenvalue weighted by Crippen LogP contribution is -2.33. The van der Waals surface area contributed by atoms with Crippen LogP contribution in [0.1, 0.15) is 0 Å². The van der Waals surface area contributed by atoms with Crippen LogP contribution in [0, 0.1) is 10.1 Å². The van der Waals surface area contributed by atoms with Gasteiger partial charge in [0, 0.05) is 38.9 Å². The minimum atomic E-state index is -3.90. The number of nitro groups is 1. The molecular formula is C12H20ClN3O6S. The van der Waals surface area contributed by atoms with Gasteiger partial charge in [-0.3, -0.25) is 10.1 Å². The van der Waals surface area contributed by atoms with E-state index in [0.29, 0.717) is 19.7 Å². The van der Waals surface area contributed by atoms with Gasteiger partial charge in [-0.15, -0.1) is 12.4 Å². The Hall–Kier alpha value is -1.46. The zero-order valence-electron chi connectivity index (χ0n) is 12.8. The molecule has 0 spiro atoms. The number of hydrogen-bond acceptors (Lipinski definition) is 7. The Morgan fingerprint density at radius 3 is 2.48 bits per heavy atom. The van der Waals surface area contributed by atoms with E-state index in [2.05, 4.69) is 10.0 Å². The van der Waals surface area contributed by atoms with Gasteiger partial charge >= 0.3 is 0 Å². The van der Waals surface area contributed by atoms with Crippen molar-refractivity contribution in [1.82, 2.24) is 10.0 Å². The van der Waals surface area contributed by atoms with Crippen molar-refractivity contribution in [3.63, 3.8) is 0 Å². The Balaban J connectivity index is 0.00000484. The molecule has 0 amide bonds. The summed E-state index contributed by atoms with van der Waals surface area (Å²) < 4.78 is 36.6. The molecule has 0 fully saturated rings. The summed E-state index contributed by atoms with van der Waals surface area (Å²) in [5.74, 6) is 0.0467. The predicted octanol–water partition coefficient (Wildman–Crippen LogP) is 0.539. The lowest BCUT2D eigenvalue weighted by Gasteiger charge is -2.11. The summed E-state index contributed by atoms with van der Waals surface area (Å²) in [4.78, 5) is 9.84. The van der Waals surface area contributed by atoms with Crippen molar-refractivity contribution >= 4 is 28.1 Å². The topological polar surface area (TPSA) is 120 Å². The molecular weight excluding hydrogens is 350 g/mol. The van der Waals surface area contributed by atoms with E-state index in [9.17, 15) is 18.5 Å². The van der Waals surface area contributed by atoms with Crippen molar-refractivity contribution in [3.05, 3.63) is 28.3 Å². The molecule has 1 aromatic rings. The third-order valence-corrected chi connectivity index (χ3v) is 4.21. The fourth-order valence-corrected chi connectivity index (χ4v) is 2.86. The van der Waals surface area contributed by atoms with Gasteiger partial charge in [0.2, 0.25) is 10.0 Å². The molecule has 0 radical (unpaired) electrons. The molecule has 0 bridgehead atoms. The van der Waals surface area contributed by atoms with Crippen molar-refractivity contribution < 1.29 is 22.8 Å². The van der Waals surface area contributed by atoms with Crippen LogP contribution in [0.5, 0.6) is 5.75 Å². The monoisotopic (exact) mass is 369 g/mol. The summed E-state index contributed by atoms with van der Waals surface area (Å²) in [7, 11) is -1.04. The summed E-state index contributed by atoms with van der Waals surface area (Å²) >= 11 is 0. The largest absolute Gasteiger partial charge is 0.495 e. The van der Waals surface area contributed by atoms with E-state index >= 15 is 0 Å². The Kier molecular flexibility index (Phi) is 9.68. The van der Waals surface area contributed by atoms with Crippen molar-refractivity contribution in [3.8, 4) is 5.75 Å². The molecule has 1 aromatic carbocycles. The quantitative estimate of drug-likeness (QED) is 0.351. The van der Waals surface area contributed by atoms with Crippen LogP contribution in [-0.2, 0) is 14.8 Å². The number of nitro benzene ring substituents is 1. The molecule has 0 aliphatic rings. The molecule has 11 heteroatoms. The summed E-state index contributed by atoms with van der Waals surface area (Å²) in [5, 5.41) is 13.7. The number of ether oxygens (including phenoxy) is 2. The fraction of sp³-hybridized carbons (Fsp3) is 0.500. The van der Waals surface area contributed by atoms with Crippen LogP contribution in [0.25, 0.3) is 0 Å². The minimum Gasteiger partial charge on any atom is -0.495 e. The van der Waals surface area contributed by atoms with Crippen molar-refractivity contribution in [2.75, 3.05) is 40.5 Å². The van der Waals surface area contributed by atoms with Gasteiger partial charge in [0.25, 0.3) is 5.69 Å². The van der Waals surface area contributed by atoms with Crippen molar-refractivity contribution in [2.45, 2.75) is 4.90 Å². The number of sulfonamides is 1. The van der Waals surface area contributed by atoms with Gasteiger partial charge in [-0.2, -0.15) is 0 Å². The Morgan fingerprint density at radius 1 is 1.22 bits per heavy atom. The summed E-state index contributed by atoms with van der Waals surface area (Å²) in [5.41, 5.74) is -0.320. The van der Waals surface area contributed by atoms with Crippen molar-refractivity contribution in [2.24, 2.45) is 0 Å². The standard InChI is InChI=1S/C12H19N3O6S.ClH/c1-20-8-7-13-5-6-14-22(18,19)12-9-10(15(16)17)3-4-11(12)21-2;/h3-4,9,13-14H,5-8H2,1-2H3;1H. The van der Waals surface area contributed by atoms with E-state index < -0.39 is 14.9 Å². The molecule has 23 heavy (non-hydrogen) atoms. The first-order valence-corrected chi connectivity index (χ1v) is 7.92. The van der Waals surface area contributed by atoms with Crippen molar-refractivity contribution in [1.29, 1.82) is 0 Å². The highest BCUT2D eigenvalue weighted by atomic mass is 35.5. The highest BCUT2D eigenvalue weighted by Gasteiger charge is 2.22. The van der Waals surface area contributed by atoms with Gasteiger partial charge < -0.3 is 14.8 Å². The molecule has 0 aliphatic carbocycles. The predicted molar refractivity (Wildman–Crippen MR) is 86.8 cm³/mol. The molecule has 0 saturated carbocycles. The number of methoxy groups -OCH3 is 2. The van der Waals surface area contributed by atoms with Crippen LogP contribution in [0.2, 0.25) is 0 Å². The highest BCUT2D eigenvalue weighted by Crippen LogP contribution is 2.27. The van der Waals surface area contributed by atoms with E-state index in [1.165, 1.54) is 19.2 Å². The van der Waals surface area contributed by atoms with Gasteiger partial charge in [0.15, 0.2) is 0 Å². The fourth-order valence-electron chi connectivity index (χ4n) is 1.64. The first-order valence-electron chi connectivity index (χ1n) is 6.44. The average molecular weight is 370 g/mol. The maximum Gasteiger partial charge on any atom is 0.271 e. The molecule has 2 N–H and O–H groups in total.